The van der Waals surface area contributed by atoms with Crippen LogP contribution in [0.4, 0.5) is 11.5 Å². The summed E-state index contributed by atoms with van der Waals surface area (Å²) in [4.78, 5) is 4.34. The third-order valence-electron chi connectivity index (χ3n) is 3.06. The summed E-state index contributed by atoms with van der Waals surface area (Å²) in [5.41, 5.74) is 0.613. The van der Waals surface area contributed by atoms with Crippen molar-refractivity contribution >= 4 is 21.5 Å². The van der Waals surface area contributed by atoms with E-state index in [1.54, 1.807) is 42.6 Å². The van der Waals surface area contributed by atoms with Crippen molar-refractivity contribution in [3.63, 3.8) is 0 Å². The Morgan fingerprint density at radius 2 is 1.86 bits per heavy atom. The van der Waals surface area contributed by atoms with E-state index < -0.39 is 10.0 Å². The second-order valence-electron chi connectivity index (χ2n) is 4.58. The van der Waals surface area contributed by atoms with Gasteiger partial charge in [0.15, 0.2) is 0 Å². The lowest BCUT2D eigenvalue weighted by atomic mass is 10.3. The lowest BCUT2D eigenvalue weighted by Gasteiger charge is -2.20. The van der Waals surface area contributed by atoms with Crippen LogP contribution in [0.1, 0.15) is 13.3 Å². The summed E-state index contributed by atoms with van der Waals surface area (Å²) in [7, 11) is -2.14. The molecule has 2 aromatic rings. The molecule has 1 heterocycles. The highest BCUT2D eigenvalue weighted by molar-refractivity contribution is 7.93. The number of benzene rings is 1. The Hall–Kier alpha value is -2.08. The molecule has 0 radical (unpaired) electrons. The average molecular weight is 305 g/mol. The van der Waals surface area contributed by atoms with Gasteiger partial charge >= 0.3 is 0 Å². The van der Waals surface area contributed by atoms with E-state index in [0.717, 1.165) is 13.0 Å². The summed E-state index contributed by atoms with van der Waals surface area (Å²) in [5, 5.41) is 3.15. The molecule has 112 valence electrons. The number of aromatic nitrogens is 1. The molecule has 0 aliphatic heterocycles. The predicted molar refractivity (Wildman–Crippen MR) is 85.0 cm³/mol. The molecule has 0 aliphatic carbocycles. The standard InChI is InChI=1S/C15H19N3O2S/c1-3-11-16-13-8-4-5-9-14(13)21(19,20)18(2)15-10-6-7-12-17-15/h4-10,12,16H,3,11H2,1-2H3. The summed E-state index contributed by atoms with van der Waals surface area (Å²) in [6, 6.07) is 12.1. The monoisotopic (exact) mass is 305 g/mol. The Bertz CT molecular complexity index is 687. The zero-order valence-electron chi connectivity index (χ0n) is 12.2. The number of hydrogen-bond donors (Lipinski definition) is 1. The first-order valence-electron chi connectivity index (χ1n) is 6.80. The zero-order valence-corrected chi connectivity index (χ0v) is 13.0. The fourth-order valence-electron chi connectivity index (χ4n) is 1.91. The van der Waals surface area contributed by atoms with E-state index in [4.69, 9.17) is 0 Å². The van der Waals surface area contributed by atoms with Gasteiger partial charge in [-0.05, 0) is 30.7 Å². The van der Waals surface area contributed by atoms with E-state index in [1.807, 2.05) is 13.0 Å². The Labute approximate surface area is 125 Å². The normalized spacial score (nSPS) is 11.1. The molecule has 0 bridgehead atoms. The number of nitrogens with one attached hydrogen (secondary N) is 1. The largest absolute Gasteiger partial charge is 0.384 e. The van der Waals surface area contributed by atoms with Gasteiger partial charge < -0.3 is 5.32 Å². The Morgan fingerprint density at radius 3 is 2.52 bits per heavy atom. The molecule has 6 heteroatoms. The van der Waals surface area contributed by atoms with Crippen LogP contribution in [0.2, 0.25) is 0 Å². The first-order valence-corrected chi connectivity index (χ1v) is 8.24. The van der Waals surface area contributed by atoms with Crippen molar-refractivity contribution in [2.45, 2.75) is 18.2 Å². The predicted octanol–water partition coefficient (Wildman–Crippen LogP) is 2.73. The van der Waals surface area contributed by atoms with Gasteiger partial charge in [0.2, 0.25) is 0 Å². The van der Waals surface area contributed by atoms with Crippen LogP contribution < -0.4 is 9.62 Å². The van der Waals surface area contributed by atoms with Crippen molar-refractivity contribution in [3.8, 4) is 0 Å². The van der Waals surface area contributed by atoms with Crippen LogP contribution in [0, 0.1) is 0 Å². The molecule has 1 aromatic heterocycles. The van der Waals surface area contributed by atoms with Crippen molar-refractivity contribution in [2.75, 3.05) is 23.2 Å². The molecule has 2 rings (SSSR count). The zero-order chi connectivity index (χ0) is 15.3. The highest BCUT2D eigenvalue weighted by atomic mass is 32.2. The van der Waals surface area contributed by atoms with E-state index in [-0.39, 0.29) is 4.90 Å². The van der Waals surface area contributed by atoms with E-state index in [2.05, 4.69) is 10.3 Å². The molecule has 0 aliphatic rings. The second kappa shape index (κ2) is 6.58. The van der Waals surface area contributed by atoms with Gasteiger partial charge in [0.25, 0.3) is 10.0 Å². The van der Waals surface area contributed by atoms with Crippen LogP contribution in [-0.4, -0.2) is 27.0 Å². The van der Waals surface area contributed by atoms with Crippen LogP contribution in [-0.2, 0) is 10.0 Å². The van der Waals surface area contributed by atoms with Gasteiger partial charge in [0.05, 0.1) is 5.69 Å². The lowest BCUT2D eigenvalue weighted by Crippen LogP contribution is -2.28. The van der Waals surface area contributed by atoms with Crippen molar-refractivity contribution in [2.24, 2.45) is 0 Å². The first kappa shape index (κ1) is 15.3. The summed E-state index contributed by atoms with van der Waals surface area (Å²) in [6.07, 6.45) is 2.49. The van der Waals surface area contributed by atoms with Gasteiger partial charge in [-0.25, -0.2) is 13.4 Å². The first-order chi connectivity index (χ1) is 10.1. The second-order valence-corrected chi connectivity index (χ2v) is 6.52. The molecule has 0 unspecified atom stereocenters. The van der Waals surface area contributed by atoms with Crippen molar-refractivity contribution in [3.05, 3.63) is 48.7 Å². The van der Waals surface area contributed by atoms with Crippen molar-refractivity contribution in [1.82, 2.24) is 4.98 Å². The van der Waals surface area contributed by atoms with Gasteiger partial charge in [-0.1, -0.05) is 25.1 Å². The molecule has 0 fully saturated rings. The minimum Gasteiger partial charge on any atom is -0.384 e. The average Bonchev–Trinajstić information content (AvgIpc) is 2.53. The number of para-hydroxylation sites is 1. The Morgan fingerprint density at radius 1 is 1.14 bits per heavy atom. The van der Waals surface area contributed by atoms with Crippen molar-refractivity contribution in [1.29, 1.82) is 0 Å². The highest BCUT2D eigenvalue weighted by Gasteiger charge is 2.24. The molecule has 0 atom stereocenters. The Kier molecular flexibility index (Phi) is 4.80. The van der Waals surface area contributed by atoms with Gasteiger partial charge in [-0.2, -0.15) is 0 Å². The molecule has 0 spiro atoms. The van der Waals surface area contributed by atoms with Crippen LogP contribution in [0.25, 0.3) is 0 Å². The molecule has 1 N–H and O–H groups in total. The minimum atomic E-state index is -3.64. The minimum absolute atomic E-state index is 0.256. The maximum atomic E-state index is 12.8. The quantitative estimate of drug-likeness (QED) is 0.891. The molecule has 0 saturated heterocycles. The molecular weight excluding hydrogens is 286 g/mol. The van der Waals surface area contributed by atoms with Gasteiger partial charge in [-0.15, -0.1) is 0 Å². The Balaban J connectivity index is 2.40. The van der Waals surface area contributed by atoms with E-state index in [9.17, 15) is 8.42 Å². The maximum Gasteiger partial charge on any atom is 0.267 e. The molecule has 5 nitrogen and oxygen atoms in total. The summed E-state index contributed by atoms with van der Waals surface area (Å²) >= 11 is 0. The van der Waals surface area contributed by atoms with E-state index >= 15 is 0 Å². The summed E-state index contributed by atoms with van der Waals surface area (Å²) < 4.78 is 26.7. The summed E-state index contributed by atoms with van der Waals surface area (Å²) in [6.45, 7) is 2.75. The van der Waals surface area contributed by atoms with Crippen molar-refractivity contribution < 1.29 is 8.42 Å². The van der Waals surface area contributed by atoms with Gasteiger partial charge in [-0.3, -0.25) is 4.31 Å². The smallest absolute Gasteiger partial charge is 0.267 e. The van der Waals surface area contributed by atoms with Crippen LogP contribution in [0.15, 0.2) is 53.6 Å². The molecule has 21 heavy (non-hydrogen) atoms. The van der Waals surface area contributed by atoms with E-state index in [1.165, 1.54) is 11.4 Å². The van der Waals surface area contributed by atoms with Crippen LogP contribution in [0.5, 0.6) is 0 Å². The number of nitrogens with zero attached hydrogens (tertiary/aromatic N) is 2. The number of pyridine rings is 1. The summed E-state index contributed by atoms with van der Waals surface area (Å²) in [5.74, 6) is 0.391. The fourth-order valence-corrected chi connectivity index (χ4v) is 3.23. The lowest BCUT2D eigenvalue weighted by molar-refractivity contribution is 0.594. The third kappa shape index (κ3) is 3.33. The maximum absolute atomic E-state index is 12.8. The fraction of sp³-hybridized carbons (Fsp3) is 0.267. The van der Waals surface area contributed by atoms with Crippen LogP contribution in [0.3, 0.4) is 0 Å². The number of hydrogen-bond acceptors (Lipinski definition) is 4. The molecular formula is C15H19N3O2S. The number of anilines is 2. The topological polar surface area (TPSA) is 62.3 Å². The SMILES string of the molecule is CCCNc1ccccc1S(=O)(=O)N(C)c1ccccn1. The van der Waals surface area contributed by atoms with E-state index in [0.29, 0.717) is 11.5 Å². The molecule has 0 amide bonds. The number of sulfonamides is 1. The van der Waals surface area contributed by atoms with Gasteiger partial charge in [0, 0.05) is 19.8 Å². The third-order valence-corrected chi connectivity index (χ3v) is 4.88. The highest BCUT2D eigenvalue weighted by Crippen LogP contribution is 2.26. The molecule has 1 aromatic carbocycles. The number of rotatable bonds is 6. The molecule has 0 saturated carbocycles. The van der Waals surface area contributed by atoms with Crippen LogP contribution >= 0.6 is 0 Å². The van der Waals surface area contributed by atoms with Gasteiger partial charge in [0.1, 0.15) is 10.7 Å².